The van der Waals surface area contributed by atoms with E-state index in [2.05, 4.69) is 8.58 Å². The number of hydrogen-bond donors (Lipinski definition) is 0. The van der Waals surface area contributed by atoms with Gasteiger partial charge in [-0.15, -0.1) is 4.40 Å². The van der Waals surface area contributed by atoms with Gasteiger partial charge < -0.3 is 4.18 Å². The fourth-order valence-electron chi connectivity index (χ4n) is 2.30. The zero-order chi connectivity index (χ0) is 20.3. The molecule has 4 nitrogen and oxygen atoms in total. The second kappa shape index (κ2) is 5.90. The predicted octanol–water partition coefficient (Wildman–Crippen LogP) is 4.04. The summed E-state index contributed by atoms with van der Waals surface area (Å²) in [5.41, 5.74) is -5.38. The molecule has 0 aliphatic carbocycles. The minimum Gasteiger partial charge on any atom is -0.365 e. The average Bonchev–Trinajstić information content (AvgIpc) is 2.56. The predicted molar refractivity (Wildman–Crippen MR) is 73.8 cm³/mol. The fraction of sp³-hybridized carbons (Fsp3) is 0.0714. The number of hydrogen-bond acceptors (Lipinski definition) is 3. The summed E-state index contributed by atoms with van der Waals surface area (Å²) in [5.74, 6) is -12.5. The highest BCUT2D eigenvalue weighted by Crippen LogP contribution is 2.38. The summed E-state index contributed by atoms with van der Waals surface area (Å²) in [7, 11) is -4.99. The molecule has 0 spiro atoms. The highest BCUT2D eigenvalue weighted by molar-refractivity contribution is 7.86. The van der Waals surface area contributed by atoms with Crippen LogP contribution in [0.5, 0.6) is 5.75 Å². The minimum absolute atomic E-state index is 0.356. The van der Waals surface area contributed by atoms with Crippen molar-refractivity contribution in [3.63, 3.8) is 0 Å². The first kappa shape index (κ1) is 19.1. The van der Waals surface area contributed by atoms with Crippen molar-refractivity contribution in [2.75, 3.05) is 0 Å². The van der Waals surface area contributed by atoms with Gasteiger partial charge in [-0.3, -0.25) is 0 Å². The maximum Gasteiger partial charge on any atom is 0.435 e. The molecule has 2 aromatic carbocycles. The normalized spacial score (nSPS) is 15.8. The van der Waals surface area contributed by atoms with Crippen molar-refractivity contribution in [1.82, 2.24) is 0 Å². The van der Waals surface area contributed by atoms with Gasteiger partial charge in [0.2, 0.25) is 5.82 Å². The average molecular weight is 417 g/mol. The summed E-state index contributed by atoms with van der Waals surface area (Å²) >= 11 is 0. The monoisotopic (exact) mass is 417 g/mol. The van der Waals surface area contributed by atoms with Crippen molar-refractivity contribution in [3.05, 3.63) is 52.8 Å². The molecule has 0 saturated heterocycles. The third-order valence-corrected chi connectivity index (χ3v) is 4.20. The zero-order valence-electron chi connectivity index (χ0n) is 12.3. The molecule has 3 rings (SSSR count). The van der Waals surface area contributed by atoms with Crippen LogP contribution in [0.4, 0.5) is 35.1 Å². The Morgan fingerprint density at radius 3 is 1.89 bits per heavy atom. The number of rotatable bonds is 1. The molecule has 0 amide bonds. The lowest BCUT2D eigenvalue weighted by Gasteiger charge is -2.19. The van der Waals surface area contributed by atoms with E-state index >= 15 is 0 Å². The lowest BCUT2D eigenvalue weighted by Crippen LogP contribution is -2.30. The van der Waals surface area contributed by atoms with Crippen molar-refractivity contribution < 1.29 is 47.7 Å². The Kier molecular flexibility index (Phi) is 4.17. The van der Waals surface area contributed by atoms with Crippen LogP contribution in [-0.2, 0) is 10.3 Å². The molecule has 13 heteroatoms. The molecular weight excluding hydrogens is 414 g/mol. The largest absolute Gasteiger partial charge is 0.435 e. The quantitative estimate of drug-likeness (QED) is 0.400. The molecule has 0 atom stereocenters. The van der Waals surface area contributed by atoms with Crippen LogP contribution in [0.25, 0.3) is 11.1 Å². The molecule has 1 heterocycles. The molecule has 2 aromatic rings. The maximum atomic E-state index is 13.9. The maximum absolute atomic E-state index is 13.9. The molecule has 0 unspecified atom stereocenters. The van der Waals surface area contributed by atoms with E-state index in [1.54, 1.807) is 0 Å². The third kappa shape index (κ3) is 3.11. The van der Waals surface area contributed by atoms with E-state index in [-0.39, 0.29) is 0 Å². The van der Waals surface area contributed by atoms with Gasteiger partial charge in [0.15, 0.2) is 34.7 Å². The van der Waals surface area contributed by atoms with Crippen LogP contribution < -0.4 is 4.18 Å². The fourth-order valence-corrected chi connectivity index (χ4v) is 3.13. The van der Waals surface area contributed by atoms with Gasteiger partial charge in [-0.05, 0) is 17.7 Å². The summed E-state index contributed by atoms with van der Waals surface area (Å²) in [5, 5.41) is 0. The van der Waals surface area contributed by atoms with Gasteiger partial charge >= 0.3 is 16.5 Å². The first-order chi connectivity index (χ1) is 12.3. The number of nitrogens with zero attached hydrogens (tertiary/aromatic N) is 1. The van der Waals surface area contributed by atoms with Crippen LogP contribution in [0, 0.1) is 29.1 Å². The van der Waals surface area contributed by atoms with Crippen LogP contribution in [0.3, 0.4) is 0 Å². The molecule has 0 aromatic heterocycles. The Morgan fingerprint density at radius 1 is 0.852 bits per heavy atom. The lowest BCUT2D eigenvalue weighted by atomic mass is 9.98. The van der Waals surface area contributed by atoms with E-state index in [1.807, 2.05) is 0 Å². The van der Waals surface area contributed by atoms with E-state index in [0.717, 1.165) is 0 Å². The summed E-state index contributed by atoms with van der Waals surface area (Å²) < 4.78 is 136. The minimum atomic E-state index is -5.32. The number of benzene rings is 2. The molecule has 0 N–H and O–H groups in total. The summed E-state index contributed by atoms with van der Waals surface area (Å²) in [6.45, 7) is 0. The molecule has 0 bridgehead atoms. The van der Waals surface area contributed by atoms with E-state index in [1.165, 1.54) is 0 Å². The molecule has 0 radical (unpaired) electrons. The molecule has 1 aliphatic heterocycles. The Hall–Kier alpha value is -2.70. The summed E-state index contributed by atoms with van der Waals surface area (Å²) in [6, 6.07) is 1.56. The number of fused-ring (bicyclic) bond motifs is 1. The molecule has 1 aliphatic rings. The van der Waals surface area contributed by atoms with E-state index in [0.29, 0.717) is 18.2 Å². The van der Waals surface area contributed by atoms with Crippen molar-refractivity contribution in [2.45, 2.75) is 6.18 Å². The van der Waals surface area contributed by atoms with Crippen LogP contribution in [-0.4, -0.2) is 20.3 Å². The van der Waals surface area contributed by atoms with Crippen LogP contribution >= 0.6 is 0 Å². The molecule has 0 saturated carbocycles. The van der Waals surface area contributed by atoms with Gasteiger partial charge in [-0.25, -0.2) is 22.0 Å². The first-order valence-corrected chi connectivity index (χ1v) is 7.98. The standard InChI is InChI=1S/C14H3F8NO3S/c15-8-7(9(16)11(18)12(19)10(8)17)4-1-2-6-5(3-4)13(14(20,21)22)23-27(24,25)26-6/h1-3H. The summed E-state index contributed by atoms with van der Waals surface area (Å²) in [6.07, 6.45) is -5.32. The first-order valence-electron chi connectivity index (χ1n) is 6.61. The zero-order valence-corrected chi connectivity index (χ0v) is 13.2. The highest BCUT2D eigenvalue weighted by Gasteiger charge is 2.43. The topological polar surface area (TPSA) is 55.7 Å². The summed E-state index contributed by atoms with van der Waals surface area (Å²) in [4.78, 5) is 0. The van der Waals surface area contributed by atoms with E-state index in [4.69, 9.17) is 0 Å². The van der Waals surface area contributed by atoms with Gasteiger partial charge in [0, 0.05) is 0 Å². The Morgan fingerprint density at radius 2 is 1.37 bits per heavy atom. The Balaban J connectivity index is 2.31. The van der Waals surface area contributed by atoms with Crippen molar-refractivity contribution in [1.29, 1.82) is 0 Å². The van der Waals surface area contributed by atoms with Crippen LogP contribution in [0.15, 0.2) is 22.6 Å². The molecule has 144 valence electrons. The van der Waals surface area contributed by atoms with Crippen molar-refractivity contribution >= 4 is 16.0 Å². The van der Waals surface area contributed by atoms with Crippen molar-refractivity contribution in [2.24, 2.45) is 4.40 Å². The second-order valence-corrected chi connectivity index (χ2v) is 6.31. The van der Waals surface area contributed by atoms with Gasteiger partial charge in [0.1, 0.15) is 0 Å². The number of halogens is 8. The molecular formula is C14H3F8NO3S. The smallest absolute Gasteiger partial charge is 0.365 e. The van der Waals surface area contributed by atoms with E-state index in [9.17, 15) is 43.5 Å². The number of alkyl halides is 3. The van der Waals surface area contributed by atoms with Gasteiger partial charge in [0.05, 0.1) is 11.1 Å². The second-order valence-electron chi connectivity index (χ2n) is 5.10. The van der Waals surface area contributed by atoms with Gasteiger partial charge in [-0.1, -0.05) is 6.07 Å². The Bertz CT molecular complexity index is 1080. The third-order valence-electron chi connectivity index (χ3n) is 3.40. The highest BCUT2D eigenvalue weighted by atomic mass is 32.2. The lowest BCUT2D eigenvalue weighted by molar-refractivity contribution is -0.0581. The van der Waals surface area contributed by atoms with Gasteiger partial charge in [-0.2, -0.15) is 21.6 Å². The molecule has 0 fully saturated rings. The SMILES string of the molecule is O=S1(=O)N=C(C(F)(F)F)c2cc(-c3c(F)c(F)c(F)c(F)c3F)ccc2O1. The van der Waals surface area contributed by atoms with Gasteiger partial charge in [0.25, 0.3) is 0 Å². The van der Waals surface area contributed by atoms with Crippen molar-refractivity contribution in [3.8, 4) is 16.9 Å². The van der Waals surface area contributed by atoms with E-state index < -0.39 is 73.7 Å². The Labute approximate surface area is 145 Å². The van der Waals surface area contributed by atoms with Crippen LogP contribution in [0.2, 0.25) is 0 Å². The van der Waals surface area contributed by atoms with Crippen LogP contribution in [0.1, 0.15) is 5.56 Å². The molecule has 27 heavy (non-hydrogen) atoms.